The molecule has 1 unspecified atom stereocenters. The monoisotopic (exact) mass is 292 g/mol. The molecule has 0 bridgehead atoms. The molecule has 0 aliphatic carbocycles. The largest absolute Gasteiger partial charge is 0.404 e. The standard InChI is InChI=1S/C8H13BrN4O3/c1-2-10-3-6(14)4-12-5-7(9)8(11-12)13(15)16/h5-6,10,14H,2-4H2,1H3. The molecule has 90 valence electrons. The van der Waals surface area contributed by atoms with Crippen LogP contribution >= 0.6 is 15.9 Å². The average Bonchev–Trinajstić information content (AvgIpc) is 2.56. The maximum Gasteiger partial charge on any atom is 0.404 e. The zero-order valence-corrected chi connectivity index (χ0v) is 10.3. The molecule has 0 saturated carbocycles. The number of nitro groups is 1. The van der Waals surface area contributed by atoms with Gasteiger partial charge in [0.2, 0.25) is 0 Å². The van der Waals surface area contributed by atoms with E-state index >= 15 is 0 Å². The van der Waals surface area contributed by atoms with Gasteiger partial charge >= 0.3 is 5.82 Å². The molecular formula is C8H13BrN4O3. The summed E-state index contributed by atoms with van der Waals surface area (Å²) in [7, 11) is 0. The Bertz CT molecular complexity index is 368. The van der Waals surface area contributed by atoms with Gasteiger partial charge in [-0.3, -0.25) is 0 Å². The van der Waals surface area contributed by atoms with Crippen molar-refractivity contribution in [3.05, 3.63) is 20.8 Å². The van der Waals surface area contributed by atoms with E-state index in [9.17, 15) is 15.2 Å². The van der Waals surface area contributed by atoms with Crippen LogP contribution in [0.3, 0.4) is 0 Å². The maximum atomic E-state index is 10.5. The highest BCUT2D eigenvalue weighted by atomic mass is 79.9. The third-order valence-electron chi connectivity index (χ3n) is 1.90. The van der Waals surface area contributed by atoms with Crippen LogP contribution in [0.4, 0.5) is 5.82 Å². The predicted molar refractivity (Wildman–Crippen MR) is 61.1 cm³/mol. The minimum atomic E-state index is -0.619. The van der Waals surface area contributed by atoms with E-state index in [1.165, 1.54) is 10.9 Å². The zero-order valence-electron chi connectivity index (χ0n) is 8.76. The molecule has 0 amide bonds. The van der Waals surface area contributed by atoms with E-state index in [0.717, 1.165) is 6.54 Å². The molecule has 1 aromatic rings. The van der Waals surface area contributed by atoms with Crippen molar-refractivity contribution in [2.45, 2.75) is 19.6 Å². The molecule has 2 N–H and O–H groups in total. The van der Waals surface area contributed by atoms with Crippen molar-refractivity contribution in [1.82, 2.24) is 15.1 Å². The molecule has 0 radical (unpaired) electrons. The molecule has 0 aromatic carbocycles. The third-order valence-corrected chi connectivity index (χ3v) is 2.46. The Morgan fingerprint density at radius 1 is 1.81 bits per heavy atom. The summed E-state index contributed by atoms with van der Waals surface area (Å²) in [6.45, 7) is 3.35. The van der Waals surface area contributed by atoms with Crippen LogP contribution in [0.2, 0.25) is 0 Å². The number of aliphatic hydroxyl groups excluding tert-OH is 1. The van der Waals surface area contributed by atoms with Crippen molar-refractivity contribution in [3.63, 3.8) is 0 Å². The number of nitrogens with zero attached hydrogens (tertiary/aromatic N) is 3. The Morgan fingerprint density at radius 2 is 2.50 bits per heavy atom. The second-order valence-corrected chi connectivity index (χ2v) is 4.10. The number of aromatic nitrogens is 2. The summed E-state index contributed by atoms with van der Waals surface area (Å²) in [5.41, 5.74) is 0. The Balaban J connectivity index is 2.60. The normalized spacial score (nSPS) is 12.7. The lowest BCUT2D eigenvalue weighted by Crippen LogP contribution is -2.30. The number of halogens is 1. The highest BCUT2D eigenvalue weighted by molar-refractivity contribution is 9.10. The maximum absolute atomic E-state index is 10.5. The fourth-order valence-electron chi connectivity index (χ4n) is 1.20. The van der Waals surface area contributed by atoms with Gasteiger partial charge in [0.15, 0.2) is 0 Å². The summed E-state index contributed by atoms with van der Waals surface area (Å²) < 4.78 is 1.66. The summed E-state index contributed by atoms with van der Waals surface area (Å²) in [5, 5.41) is 26.8. The number of hydrogen-bond acceptors (Lipinski definition) is 5. The Labute approximate surface area is 101 Å². The van der Waals surface area contributed by atoms with Crippen LogP contribution < -0.4 is 5.32 Å². The fraction of sp³-hybridized carbons (Fsp3) is 0.625. The first-order valence-corrected chi connectivity index (χ1v) is 5.60. The van der Waals surface area contributed by atoms with Gasteiger partial charge in [0.25, 0.3) is 0 Å². The molecule has 16 heavy (non-hydrogen) atoms. The Morgan fingerprint density at radius 3 is 3.00 bits per heavy atom. The number of nitrogens with one attached hydrogen (secondary N) is 1. The smallest absolute Gasteiger partial charge is 0.390 e. The Kier molecular flexibility index (Phi) is 4.84. The van der Waals surface area contributed by atoms with Gasteiger partial charge in [-0.15, -0.1) is 0 Å². The van der Waals surface area contributed by atoms with Crippen molar-refractivity contribution in [3.8, 4) is 0 Å². The lowest BCUT2D eigenvalue weighted by Gasteiger charge is -2.08. The van der Waals surface area contributed by atoms with Gasteiger partial charge in [-0.1, -0.05) is 6.92 Å². The van der Waals surface area contributed by atoms with Crippen molar-refractivity contribution >= 4 is 21.7 Å². The number of aliphatic hydroxyl groups is 1. The molecule has 0 aliphatic heterocycles. The third kappa shape index (κ3) is 3.54. The molecule has 1 heterocycles. The van der Waals surface area contributed by atoms with Gasteiger partial charge in [-0.05, 0) is 27.4 Å². The van der Waals surface area contributed by atoms with E-state index in [-0.39, 0.29) is 12.4 Å². The van der Waals surface area contributed by atoms with Crippen LogP contribution in [0.5, 0.6) is 0 Å². The summed E-state index contributed by atoms with van der Waals surface area (Å²) in [6, 6.07) is 0. The molecule has 1 aromatic heterocycles. The van der Waals surface area contributed by atoms with Crippen LogP contribution in [0.15, 0.2) is 10.7 Å². The van der Waals surface area contributed by atoms with E-state index < -0.39 is 11.0 Å². The quantitative estimate of drug-likeness (QED) is 0.589. The highest BCUT2D eigenvalue weighted by Gasteiger charge is 2.19. The fourth-order valence-corrected chi connectivity index (χ4v) is 1.66. The van der Waals surface area contributed by atoms with Crippen LogP contribution in [0.25, 0.3) is 0 Å². The van der Waals surface area contributed by atoms with Gasteiger partial charge in [0.05, 0.1) is 23.9 Å². The van der Waals surface area contributed by atoms with E-state index in [1.807, 2.05) is 6.92 Å². The summed E-state index contributed by atoms with van der Waals surface area (Å²) in [5.74, 6) is -0.240. The van der Waals surface area contributed by atoms with Crippen molar-refractivity contribution in [2.24, 2.45) is 0 Å². The van der Waals surface area contributed by atoms with Crippen LogP contribution in [0, 0.1) is 10.1 Å². The topological polar surface area (TPSA) is 93.2 Å². The number of likely N-dealkylation sites (N-methyl/N-ethyl adjacent to an activating group) is 1. The van der Waals surface area contributed by atoms with E-state index in [4.69, 9.17) is 0 Å². The predicted octanol–water partition coefficient (Wildman–Crippen LogP) is 0.524. The van der Waals surface area contributed by atoms with Gasteiger partial charge in [-0.25, -0.2) is 0 Å². The van der Waals surface area contributed by atoms with E-state index in [2.05, 4.69) is 26.3 Å². The number of hydrogen-bond donors (Lipinski definition) is 2. The van der Waals surface area contributed by atoms with E-state index in [0.29, 0.717) is 11.0 Å². The second kappa shape index (κ2) is 5.92. The average molecular weight is 293 g/mol. The van der Waals surface area contributed by atoms with Gasteiger partial charge < -0.3 is 20.5 Å². The number of rotatable bonds is 6. The summed E-state index contributed by atoms with van der Waals surface area (Å²) in [6.07, 6.45) is 0.860. The molecule has 0 fully saturated rings. The van der Waals surface area contributed by atoms with Crippen LogP contribution in [-0.2, 0) is 6.54 Å². The van der Waals surface area contributed by atoms with Gasteiger partial charge in [-0.2, -0.15) is 4.68 Å². The first-order valence-electron chi connectivity index (χ1n) is 4.80. The molecule has 0 aliphatic rings. The second-order valence-electron chi connectivity index (χ2n) is 3.24. The van der Waals surface area contributed by atoms with Crippen LogP contribution in [0.1, 0.15) is 6.92 Å². The molecular weight excluding hydrogens is 280 g/mol. The first-order chi connectivity index (χ1) is 7.54. The van der Waals surface area contributed by atoms with Gasteiger partial charge in [0.1, 0.15) is 4.47 Å². The molecule has 8 heteroatoms. The molecule has 1 rings (SSSR count). The minimum absolute atomic E-state index is 0.222. The molecule has 0 saturated heterocycles. The highest BCUT2D eigenvalue weighted by Crippen LogP contribution is 2.21. The lowest BCUT2D eigenvalue weighted by molar-refractivity contribution is -0.390. The Hall–Kier alpha value is -0.990. The lowest BCUT2D eigenvalue weighted by atomic mass is 10.3. The minimum Gasteiger partial charge on any atom is -0.390 e. The van der Waals surface area contributed by atoms with Crippen molar-refractivity contribution in [2.75, 3.05) is 13.1 Å². The SMILES string of the molecule is CCNCC(O)Cn1cc(Br)c([N+](=O)[O-])n1. The van der Waals surface area contributed by atoms with Crippen LogP contribution in [-0.4, -0.2) is 39.0 Å². The zero-order chi connectivity index (χ0) is 12.1. The molecule has 0 spiro atoms. The summed E-state index contributed by atoms with van der Waals surface area (Å²) >= 11 is 3.04. The van der Waals surface area contributed by atoms with Crippen molar-refractivity contribution < 1.29 is 10.0 Å². The van der Waals surface area contributed by atoms with Gasteiger partial charge in [0, 0.05) is 6.54 Å². The van der Waals surface area contributed by atoms with Crippen molar-refractivity contribution in [1.29, 1.82) is 0 Å². The molecule has 7 nitrogen and oxygen atoms in total. The molecule has 1 atom stereocenters. The first kappa shape index (κ1) is 13.1. The summed E-state index contributed by atoms with van der Waals surface area (Å²) in [4.78, 5) is 9.95. The van der Waals surface area contributed by atoms with E-state index in [1.54, 1.807) is 0 Å².